The summed E-state index contributed by atoms with van der Waals surface area (Å²) in [7, 11) is 1.65. The lowest BCUT2D eigenvalue weighted by molar-refractivity contribution is -0.149. The highest BCUT2D eigenvalue weighted by molar-refractivity contribution is 5.84. The molecular weight excluding hydrogens is 486 g/mol. The maximum absolute atomic E-state index is 12.5. The molecule has 1 saturated heterocycles. The molecule has 4 heterocycles. The highest BCUT2D eigenvalue weighted by atomic mass is 16.5. The predicted molar refractivity (Wildman–Crippen MR) is 138 cm³/mol. The van der Waals surface area contributed by atoms with E-state index in [1.54, 1.807) is 11.6 Å². The molecule has 1 atom stereocenters. The maximum Gasteiger partial charge on any atom is 0.309 e. The van der Waals surface area contributed by atoms with E-state index in [0.717, 1.165) is 40.9 Å². The second kappa shape index (κ2) is 10.6. The van der Waals surface area contributed by atoms with Crippen LogP contribution in [0.15, 0.2) is 24.3 Å². The Bertz CT molecular complexity index is 1420. The van der Waals surface area contributed by atoms with Gasteiger partial charge in [-0.2, -0.15) is 4.52 Å². The highest BCUT2D eigenvalue weighted by Gasteiger charge is 2.36. The first-order chi connectivity index (χ1) is 18.7. The molecule has 0 spiro atoms. The molecule has 1 aromatic carbocycles. The Morgan fingerprint density at radius 3 is 2.58 bits per heavy atom. The van der Waals surface area contributed by atoms with E-state index in [4.69, 9.17) is 9.47 Å². The molecular formula is C26H33N9O3. The van der Waals surface area contributed by atoms with Crippen molar-refractivity contribution in [1.29, 1.82) is 0 Å². The van der Waals surface area contributed by atoms with Gasteiger partial charge in [0.05, 0.1) is 31.2 Å². The molecule has 38 heavy (non-hydrogen) atoms. The first kappa shape index (κ1) is 24.7. The summed E-state index contributed by atoms with van der Waals surface area (Å²) in [6.45, 7) is 3.67. The molecule has 2 fully saturated rings. The highest BCUT2D eigenvalue weighted by Crippen LogP contribution is 2.38. The Morgan fingerprint density at radius 2 is 1.82 bits per heavy atom. The standard InChI is InChI=1S/C26H33N9O3/c1-3-38-26(36)17-11-13-33(14-12-17)23(25-28-30-31-34(25)19-7-5-4-6-8-19)21-15-18-9-10-20(37-2)16-22(18)35-24(21)27-29-32-35/h9-10,15-17,19,23H,3-8,11-14H2,1-2H3. The molecule has 0 radical (unpaired) electrons. The molecule has 12 heteroatoms. The minimum absolute atomic E-state index is 0.0972. The van der Waals surface area contributed by atoms with Crippen molar-refractivity contribution in [2.24, 2.45) is 5.92 Å². The Hall–Kier alpha value is -3.67. The molecule has 1 saturated carbocycles. The van der Waals surface area contributed by atoms with Gasteiger partial charge in [-0.25, -0.2) is 4.68 Å². The number of fused-ring (bicyclic) bond motifs is 3. The average Bonchev–Trinajstić information content (AvgIpc) is 3.65. The van der Waals surface area contributed by atoms with E-state index >= 15 is 0 Å². The van der Waals surface area contributed by atoms with Crippen molar-refractivity contribution in [3.63, 3.8) is 0 Å². The number of esters is 1. The number of hydrogen-bond donors (Lipinski definition) is 0. The molecule has 4 aromatic rings. The number of ether oxygens (including phenoxy) is 2. The van der Waals surface area contributed by atoms with Crippen LogP contribution in [-0.2, 0) is 9.53 Å². The summed E-state index contributed by atoms with van der Waals surface area (Å²) >= 11 is 0. The zero-order chi connectivity index (χ0) is 26.1. The normalized spacial score (nSPS) is 18.7. The van der Waals surface area contributed by atoms with E-state index in [0.29, 0.717) is 38.2 Å². The van der Waals surface area contributed by atoms with Crippen molar-refractivity contribution in [2.75, 3.05) is 26.8 Å². The van der Waals surface area contributed by atoms with Crippen molar-refractivity contribution in [2.45, 2.75) is 64.0 Å². The molecule has 1 aliphatic carbocycles. The third kappa shape index (κ3) is 4.46. The second-order valence-corrected chi connectivity index (χ2v) is 10.2. The van der Waals surface area contributed by atoms with Crippen molar-refractivity contribution in [3.8, 4) is 5.75 Å². The second-order valence-electron chi connectivity index (χ2n) is 10.2. The molecule has 0 N–H and O–H groups in total. The van der Waals surface area contributed by atoms with E-state index in [9.17, 15) is 4.79 Å². The summed E-state index contributed by atoms with van der Waals surface area (Å²) < 4.78 is 14.6. The van der Waals surface area contributed by atoms with Gasteiger partial charge in [-0.15, -0.1) is 10.2 Å². The first-order valence-electron chi connectivity index (χ1n) is 13.5. The molecule has 12 nitrogen and oxygen atoms in total. The zero-order valence-corrected chi connectivity index (χ0v) is 21.9. The van der Waals surface area contributed by atoms with Crippen molar-refractivity contribution in [3.05, 3.63) is 35.7 Å². The molecule has 3 aromatic heterocycles. The van der Waals surface area contributed by atoms with Crippen LogP contribution in [-0.4, -0.2) is 77.9 Å². The number of methoxy groups -OCH3 is 1. The minimum atomic E-state index is -0.268. The Morgan fingerprint density at radius 1 is 1.03 bits per heavy atom. The summed E-state index contributed by atoms with van der Waals surface area (Å²) in [6, 6.07) is 8.04. The fraction of sp³-hybridized carbons (Fsp3) is 0.577. The fourth-order valence-corrected chi connectivity index (χ4v) is 6.04. The number of likely N-dealkylation sites (tertiary alicyclic amines) is 1. The van der Waals surface area contributed by atoms with Crippen LogP contribution in [0.4, 0.5) is 0 Å². The molecule has 0 bridgehead atoms. The van der Waals surface area contributed by atoms with Crippen molar-refractivity contribution < 1.29 is 14.3 Å². The Balaban J connectivity index is 1.45. The largest absolute Gasteiger partial charge is 0.497 e. The number of carbonyl (C=O) groups is 1. The number of benzene rings is 1. The van der Waals surface area contributed by atoms with Gasteiger partial charge in [-0.1, -0.05) is 19.3 Å². The molecule has 1 aliphatic heterocycles. The molecule has 200 valence electrons. The van der Waals surface area contributed by atoms with Crippen molar-refractivity contribution >= 4 is 22.5 Å². The van der Waals surface area contributed by atoms with Gasteiger partial charge in [0.1, 0.15) is 11.8 Å². The quantitative estimate of drug-likeness (QED) is 0.336. The van der Waals surface area contributed by atoms with Gasteiger partial charge in [-0.3, -0.25) is 9.69 Å². The van der Waals surface area contributed by atoms with Crippen LogP contribution in [0.1, 0.15) is 75.3 Å². The van der Waals surface area contributed by atoms with Crippen LogP contribution in [0.3, 0.4) is 0 Å². The van der Waals surface area contributed by atoms with Crippen LogP contribution >= 0.6 is 0 Å². The number of hydrogen-bond acceptors (Lipinski definition) is 10. The van der Waals surface area contributed by atoms with Gasteiger partial charge in [0.25, 0.3) is 0 Å². The number of nitrogens with zero attached hydrogens (tertiary/aromatic N) is 9. The summed E-state index contributed by atoms with van der Waals surface area (Å²) in [6.07, 6.45) is 7.16. The van der Waals surface area contributed by atoms with Crippen LogP contribution in [0, 0.1) is 5.92 Å². The Kier molecular flexibility index (Phi) is 6.88. The molecule has 0 amide bonds. The van der Waals surface area contributed by atoms with Crippen LogP contribution in [0.25, 0.3) is 16.6 Å². The predicted octanol–water partition coefficient (Wildman–Crippen LogP) is 3.14. The van der Waals surface area contributed by atoms with Crippen molar-refractivity contribution in [1.82, 2.24) is 45.1 Å². The average molecular weight is 520 g/mol. The summed E-state index contributed by atoms with van der Waals surface area (Å²) in [5.41, 5.74) is 2.45. The van der Waals surface area contributed by atoms with Gasteiger partial charge in [0, 0.05) is 30.1 Å². The van der Waals surface area contributed by atoms with Crippen LogP contribution in [0.5, 0.6) is 5.75 Å². The number of tetrazole rings is 2. The third-order valence-corrected chi connectivity index (χ3v) is 8.00. The maximum atomic E-state index is 12.5. The molecule has 1 unspecified atom stereocenters. The first-order valence-corrected chi connectivity index (χ1v) is 13.5. The van der Waals surface area contributed by atoms with E-state index < -0.39 is 0 Å². The van der Waals surface area contributed by atoms with Gasteiger partial charge < -0.3 is 9.47 Å². The lowest BCUT2D eigenvalue weighted by Gasteiger charge is -2.37. The van der Waals surface area contributed by atoms with E-state index in [2.05, 4.69) is 42.0 Å². The number of piperidine rings is 1. The summed E-state index contributed by atoms with van der Waals surface area (Å²) in [4.78, 5) is 14.8. The van der Waals surface area contributed by atoms with E-state index in [-0.39, 0.29) is 24.0 Å². The van der Waals surface area contributed by atoms with E-state index in [1.165, 1.54) is 19.3 Å². The number of rotatable bonds is 7. The van der Waals surface area contributed by atoms with Gasteiger partial charge in [0.2, 0.25) is 0 Å². The number of carbonyl (C=O) groups excluding carboxylic acids is 1. The van der Waals surface area contributed by atoms with Crippen LogP contribution in [0.2, 0.25) is 0 Å². The monoisotopic (exact) mass is 519 g/mol. The number of aromatic nitrogens is 8. The molecule has 6 rings (SSSR count). The van der Waals surface area contributed by atoms with Crippen LogP contribution < -0.4 is 4.74 Å². The minimum Gasteiger partial charge on any atom is -0.497 e. The van der Waals surface area contributed by atoms with Gasteiger partial charge >= 0.3 is 5.97 Å². The fourth-order valence-electron chi connectivity index (χ4n) is 6.04. The SMILES string of the molecule is CCOC(=O)C1CCN(C(c2cc3ccc(OC)cc3n3nnnc23)c2nnnn2C2CCCCC2)CC1. The van der Waals surface area contributed by atoms with Gasteiger partial charge in [0.15, 0.2) is 11.5 Å². The van der Waals surface area contributed by atoms with E-state index in [1.807, 2.05) is 29.8 Å². The zero-order valence-electron chi connectivity index (χ0n) is 21.9. The lowest BCUT2D eigenvalue weighted by Crippen LogP contribution is -2.41. The van der Waals surface area contributed by atoms with Gasteiger partial charge in [-0.05, 0) is 71.7 Å². The smallest absolute Gasteiger partial charge is 0.309 e. The lowest BCUT2D eigenvalue weighted by atomic mass is 9.92. The topological polar surface area (TPSA) is 125 Å². The Labute approximate surface area is 220 Å². The number of pyridine rings is 1. The summed E-state index contributed by atoms with van der Waals surface area (Å²) in [5, 5.41) is 27.0. The summed E-state index contributed by atoms with van der Waals surface area (Å²) in [5.74, 6) is 1.32. The third-order valence-electron chi connectivity index (χ3n) is 8.00. The molecule has 2 aliphatic rings.